The van der Waals surface area contributed by atoms with Gasteiger partial charge in [-0.15, -0.1) is 0 Å². The fourth-order valence-corrected chi connectivity index (χ4v) is 1.38. The van der Waals surface area contributed by atoms with E-state index in [0.29, 0.717) is 12.2 Å². The molecular formula is C12H16N2O3. The van der Waals surface area contributed by atoms with Crippen molar-refractivity contribution in [3.8, 4) is 0 Å². The van der Waals surface area contributed by atoms with Crippen molar-refractivity contribution in [2.45, 2.75) is 13.8 Å². The Morgan fingerprint density at radius 2 is 1.71 bits per heavy atom. The topological polar surface area (TPSA) is 70.5 Å². The van der Waals surface area contributed by atoms with Crippen molar-refractivity contribution in [2.75, 3.05) is 25.1 Å². The van der Waals surface area contributed by atoms with Crippen LogP contribution in [0.4, 0.5) is 5.69 Å². The number of hydrogen-bond acceptors (Lipinski definition) is 5. The Morgan fingerprint density at radius 1 is 1.24 bits per heavy atom. The SMILES string of the molecule is CC(=O)c1cc(N(C)CCO)cc(C(C)=O)n1. The Morgan fingerprint density at radius 3 is 2.06 bits per heavy atom. The number of likely N-dealkylation sites (N-methyl/N-ethyl adjacent to an activating group) is 1. The van der Waals surface area contributed by atoms with Gasteiger partial charge in [0.05, 0.1) is 6.61 Å². The smallest absolute Gasteiger partial charge is 0.178 e. The van der Waals surface area contributed by atoms with Gasteiger partial charge in [0.1, 0.15) is 11.4 Å². The normalized spacial score (nSPS) is 10.1. The number of hydrogen-bond donors (Lipinski definition) is 1. The van der Waals surface area contributed by atoms with Gasteiger partial charge < -0.3 is 10.0 Å². The maximum Gasteiger partial charge on any atom is 0.178 e. The summed E-state index contributed by atoms with van der Waals surface area (Å²) < 4.78 is 0. The highest BCUT2D eigenvalue weighted by molar-refractivity contribution is 5.97. The van der Waals surface area contributed by atoms with Crippen molar-refractivity contribution in [3.05, 3.63) is 23.5 Å². The Balaban J connectivity index is 3.21. The van der Waals surface area contributed by atoms with E-state index >= 15 is 0 Å². The van der Waals surface area contributed by atoms with E-state index in [1.54, 1.807) is 24.1 Å². The Kier molecular flexibility index (Phi) is 4.34. The summed E-state index contributed by atoms with van der Waals surface area (Å²) in [5, 5.41) is 8.86. The first-order valence-corrected chi connectivity index (χ1v) is 5.31. The van der Waals surface area contributed by atoms with E-state index in [1.807, 2.05) is 0 Å². The van der Waals surface area contributed by atoms with Crippen LogP contribution in [0.5, 0.6) is 0 Å². The molecule has 0 amide bonds. The molecule has 0 aliphatic rings. The zero-order valence-electron chi connectivity index (χ0n) is 10.2. The Bertz CT molecular complexity index is 411. The summed E-state index contributed by atoms with van der Waals surface area (Å²) in [6.07, 6.45) is 0. The minimum atomic E-state index is -0.188. The average molecular weight is 236 g/mol. The van der Waals surface area contributed by atoms with E-state index in [-0.39, 0.29) is 29.6 Å². The quantitative estimate of drug-likeness (QED) is 0.770. The number of aliphatic hydroxyl groups excluding tert-OH is 1. The summed E-state index contributed by atoms with van der Waals surface area (Å²) in [5.41, 5.74) is 1.22. The van der Waals surface area contributed by atoms with Gasteiger partial charge in [-0.05, 0) is 12.1 Å². The second-order valence-corrected chi connectivity index (χ2v) is 3.85. The fourth-order valence-electron chi connectivity index (χ4n) is 1.38. The summed E-state index contributed by atoms with van der Waals surface area (Å²) in [6, 6.07) is 3.23. The molecule has 0 aliphatic heterocycles. The maximum atomic E-state index is 11.3. The molecule has 0 bridgehead atoms. The summed E-state index contributed by atoms with van der Waals surface area (Å²) in [7, 11) is 1.78. The first kappa shape index (κ1) is 13.3. The second kappa shape index (κ2) is 5.54. The number of pyridine rings is 1. The van der Waals surface area contributed by atoms with Crippen molar-refractivity contribution in [1.29, 1.82) is 0 Å². The van der Waals surface area contributed by atoms with Gasteiger partial charge in [-0.3, -0.25) is 9.59 Å². The largest absolute Gasteiger partial charge is 0.395 e. The van der Waals surface area contributed by atoms with Crippen LogP contribution in [0.15, 0.2) is 12.1 Å². The average Bonchev–Trinajstić information content (AvgIpc) is 2.28. The molecule has 0 fully saturated rings. The molecule has 1 heterocycles. The lowest BCUT2D eigenvalue weighted by molar-refractivity contribution is 0.101. The molecule has 0 radical (unpaired) electrons. The fraction of sp³-hybridized carbons (Fsp3) is 0.417. The second-order valence-electron chi connectivity index (χ2n) is 3.85. The molecule has 5 nitrogen and oxygen atoms in total. The van der Waals surface area contributed by atoms with E-state index in [4.69, 9.17) is 5.11 Å². The molecule has 1 aromatic heterocycles. The zero-order valence-corrected chi connectivity index (χ0v) is 10.2. The predicted octanol–water partition coefficient (Wildman–Crippen LogP) is 0.915. The van der Waals surface area contributed by atoms with Gasteiger partial charge in [-0.25, -0.2) is 4.98 Å². The number of rotatable bonds is 5. The van der Waals surface area contributed by atoms with Crippen LogP contribution < -0.4 is 4.90 Å². The van der Waals surface area contributed by atoms with Crippen molar-refractivity contribution < 1.29 is 14.7 Å². The molecule has 0 saturated heterocycles. The third-order valence-corrected chi connectivity index (χ3v) is 2.41. The molecule has 0 spiro atoms. The number of carbonyl (C=O) groups excluding carboxylic acids is 2. The molecule has 5 heteroatoms. The first-order valence-electron chi connectivity index (χ1n) is 5.31. The number of anilines is 1. The van der Waals surface area contributed by atoms with Crippen LogP contribution in [0.1, 0.15) is 34.8 Å². The van der Waals surface area contributed by atoms with E-state index in [9.17, 15) is 9.59 Å². The van der Waals surface area contributed by atoms with Gasteiger partial charge in [0.15, 0.2) is 11.6 Å². The minimum Gasteiger partial charge on any atom is -0.395 e. The zero-order chi connectivity index (χ0) is 13.0. The number of carbonyl (C=O) groups is 2. The van der Waals surface area contributed by atoms with Gasteiger partial charge in [0.2, 0.25) is 0 Å². The summed E-state index contributed by atoms with van der Waals surface area (Å²) in [5.74, 6) is -0.376. The minimum absolute atomic E-state index is 0.00360. The van der Waals surface area contributed by atoms with Crippen molar-refractivity contribution in [2.24, 2.45) is 0 Å². The number of nitrogens with zero attached hydrogens (tertiary/aromatic N) is 2. The lowest BCUT2D eigenvalue weighted by Gasteiger charge is -2.18. The van der Waals surface area contributed by atoms with E-state index in [1.165, 1.54) is 13.8 Å². The van der Waals surface area contributed by atoms with Gasteiger partial charge in [0.25, 0.3) is 0 Å². The summed E-state index contributed by atoms with van der Waals surface area (Å²) in [6.45, 7) is 3.24. The highest BCUT2D eigenvalue weighted by atomic mass is 16.3. The maximum absolute atomic E-state index is 11.3. The number of ketones is 2. The summed E-state index contributed by atoms with van der Waals surface area (Å²) in [4.78, 5) is 28.4. The molecule has 17 heavy (non-hydrogen) atoms. The molecule has 1 N–H and O–H groups in total. The predicted molar refractivity (Wildman–Crippen MR) is 64.6 cm³/mol. The van der Waals surface area contributed by atoms with Crippen molar-refractivity contribution >= 4 is 17.3 Å². The standard InChI is InChI=1S/C12H16N2O3/c1-8(16)11-6-10(14(3)4-5-15)7-12(13-11)9(2)17/h6-7,15H,4-5H2,1-3H3. The summed E-state index contributed by atoms with van der Waals surface area (Å²) >= 11 is 0. The van der Waals surface area contributed by atoms with E-state index in [2.05, 4.69) is 4.98 Å². The van der Waals surface area contributed by atoms with Crippen LogP contribution in [0.25, 0.3) is 0 Å². The number of aliphatic hydroxyl groups is 1. The van der Waals surface area contributed by atoms with Gasteiger partial charge in [0, 0.05) is 33.1 Å². The highest BCUT2D eigenvalue weighted by Crippen LogP contribution is 2.16. The lowest BCUT2D eigenvalue weighted by Crippen LogP contribution is -2.22. The molecule has 0 aliphatic carbocycles. The van der Waals surface area contributed by atoms with Crippen LogP contribution in [0.3, 0.4) is 0 Å². The Labute approximate surface area is 100 Å². The first-order chi connectivity index (χ1) is 7.95. The highest BCUT2D eigenvalue weighted by Gasteiger charge is 2.11. The van der Waals surface area contributed by atoms with Crippen molar-refractivity contribution in [1.82, 2.24) is 4.98 Å². The third-order valence-electron chi connectivity index (χ3n) is 2.41. The van der Waals surface area contributed by atoms with E-state index in [0.717, 1.165) is 0 Å². The molecule has 1 rings (SSSR count). The van der Waals surface area contributed by atoms with Gasteiger partial charge in [-0.1, -0.05) is 0 Å². The molecule has 0 unspecified atom stereocenters. The molecule has 0 saturated carbocycles. The van der Waals surface area contributed by atoms with Crippen LogP contribution in [-0.2, 0) is 0 Å². The van der Waals surface area contributed by atoms with Crippen LogP contribution in [0.2, 0.25) is 0 Å². The van der Waals surface area contributed by atoms with E-state index < -0.39 is 0 Å². The monoisotopic (exact) mass is 236 g/mol. The molecule has 0 atom stereocenters. The lowest BCUT2D eigenvalue weighted by atomic mass is 10.2. The Hall–Kier alpha value is -1.75. The van der Waals surface area contributed by atoms with Crippen molar-refractivity contribution in [3.63, 3.8) is 0 Å². The molecule has 92 valence electrons. The molecular weight excluding hydrogens is 220 g/mol. The van der Waals surface area contributed by atoms with Crippen LogP contribution >= 0.6 is 0 Å². The number of aromatic nitrogens is 1. The molecule has 1 aromatic rings. The van der Waals surface area contributed by atoms with Crippen LogP contribution in [0, 0.1) is 0 Å². The van der Waals surface area contributed by atoms with Crippen LogP contribution in [-0.4, -0.2) is 41.9 Å². The number of Topliss-reactive ketones (excluding diaryl/α,β-unsaturated/α-hetero) is 2. The molecule has 0 aromatic carbocycles. The van der Waals surface area contributed by atoms with Gasteiger partial charge >= 0.3 is 0 Å². The third kappa shape index (κ3) is 3.35. The van der Waals surface area contributed by atoms with Gasteiger partial charge in [-0.2, -0.15) is 0 Å².